The molecular weight excluding hydrogens is 409 g/mol. The lowest BCUT2D eigenvalue weighted by Gasteiger charge is -2.22. The van der Waals surface area contributed by atoms with Crippen LogP contribution in [0.4, 0.5) is 13.2 Å². The van der Waals surface area contributed by atoms with Gasteiger partial charge in [-0.25, -0.2) is 4.39 Å². The van der Waals surface area contributed by atoms with Crippen LogP contribution >= 0.6 is 0 Å². The normalized spacial score (nSPS) is 12.5. The van der Waals surface area contributed by atoms with Gasteiger partial charge in [0.15, 0.2) is 0 Å². The molecule has 1 aliphatic carbocycles. The Labute approximate surface area is 188 Å². The molecule has 32 heavy (non-hydrogen) atoms. The van der Waals surface area contributed by atoms with E-state index in [0.717, 1.165) is 36.0 Å². The Kier molecular flexibility index (Phi) is 7.19. The first kappa shape index (κ1) is 22.4. The summed E-state index contributed by atoms with van der Waals surface area (Å²) in [5, 5.41) is 0. The first-order chi connectivity index (χ1) is 15.5. The van der Waals surface area contributed by atoms with Crippen molar-refractivity contribution in [2.24, 2.45) is 0 Å². The fourth-order valence-electron chi connectivity index (χ4n) is 4.59. The summed E-state index contributed by atoms with van der Waals surface area (Å²) in [5.74, 6) is -0.239. The van der Waals surface area contributed by atoms with E-state index < -0.39 is 6.61 Å². The molecule has 0 radical (unpaired) electrons. The number of rotatable bonds is 9. The standard InChI is InChI=1S/C28H29F3O/c1-2-3-4-5-6-7-19-8-15-24-21(16-19)9-10-22-17-26(27(29)18-25(22)24)20-11-13-23(14-12-20)32-28(30)31/h8,11-18,28H,2-7,9-10H2,1H3. The van der Waals surface area contributed by atoms with Crippen molar-refractivity contribution in [1.29, 1.82) is 0 Å². The number of aryl methyl sites for hydroxylation is 3. The molecule has 1 aliphatic rings. The van der Waals surface area contributed by atoms with E-state index in [1.54, 1.807) is 18.2 Å². The molecule has 3 aromatic rings. The van der Waals surface area contributed by atoms with Crippen molar-refractivity contribution in [3.8, 4) is 28.0 Å². The van der Waals surface area contributed by atoms with Gasteiger partial charge in [-0.1, -0.05) is 62.9 Å². The lowest BCUT2D eigenvalue weighted by Crippen LogP contribution is -2.06. The predicted octanol–water partition coefficient (Wildman–Crippen LogP) is 8.37. The van der Waals surface area contributed by atoms with Crippen molar-refractivity contribution in [2.45, 2.75) is 64.9 Å². The van der Waals surface area contributed by atoms with Crippen molar-refractivity contribution >= 4 is 0 Å². The molecule has 0 fully saturated rings. The van der Waals surface area contributed by atoms with E-state index in [2.05, 4.69) is 29.9 Å². The number of halogens is 3. The van der Waals surface area contributed by atoms with Crippen molar-refractivity contribution in [3.05, 3.63) is 77.1 Å². The quantitative estimate of drug-likeness (QED) is 0.305. The van der Waals surface area contributed by atoms with E-state index in [1.807, 2.05) is 6.07 Å². The monoisotopic (exact) mass is 438 g/mol. The van der Waals surface area contributed by atoms with Gasteiger partial charge in [0.1, 0.15) is 11.6 Å². The molecule has 3 aromatic carbocycles. The van der Waals surface area contributed by atoms with Crippen LogP contribution in [-0.2, 0) is 19.3 Å². The summed E-state index contributed by atoms with van der Waals surface area (Å²) in [7, 11) is 0. The summed E-state index contributed by atoms with van der Waals surface area (Å²) in [4.78, 5) is 0. The van der Waals surface area contributed by atoms with Crippen LogP contribution < -0.4 is 4.74 Å². The van der Waals surface area contributed by atoms with Crippen molar-refractivity contribution in [2.75, 3.05) is 0 Å². The highest BCUT2D eigenvalue weighted by atomic mass is 19.3. The molecule has 4 heteroatoms. The fourth-order valence-corrected chi connectivity index (χ4v) is 4.59. The minimum absolute atomic E-state index is 0.0669. The fraction of sp³-hybridized carbons (Fsp3) is 0.357. The van der Waals surface area contributed by atoms with Crippen LogP contribution in [0.1, 0.15) is 55.7 Å². The molecule has 168 valence electrons. The molecule has 0 heterocycles. The van der Waals surface area contributed by atoms with Gasteiger partial charge in [0.2, 0.25) is 0 Å². The Bertz CT molecular complexity index is 1060. The van der Waals surface area contributed by atoms with Crippen LogP contribution in [0.2, 0.25) is 0 Å². The Morgan fingerprint density at radius 2 is 1.50 bits per heavy atom. The van der Waals surface area contributed by atoms with Crippen molar-refractivity contribution in [1.82, 2.24) is 0 Å². The Morgan fingerprint density at radius 3 is 2.22 bits per heavy atom. The zero-order valence-corrected chi connectivity index (χ0v) is 18.5. The molecule has 4 rings (SSSR count). The topological polar surface area (TPSA) is 9.23 Å². The molecule has 0 saturated carbocycles. The zero-order chi connectivity index (χ0) is 22.5. The van der Waals surface area contributed by atoms with E-state index in [4.69, 9.17) is 0 Å². The number of alkyl halides is 2. The number of unbranched alkanes of at least 4 members (excludes halogenated alkanes) is 4. The first-order valence-electron chi connectivity index (χ1n) is 11.5. The zero-order valence-electron chi connectivity index (χ0n) is 18.5. The van der Waals surface area contributed by atoms with Gasteiger partial charge < -0.3 is 4.74 Å². The number of benzene rings is 3. The van der Waals surface area contributed by atoms with Gasteiger partial charge in [-0.15, -0.1) is 0 Å². The van der Waals surface area contributed by atoms with E-state index in [0.29, 0.717) is 11.1 Å². The minimum atomic E-state index is -2.87. The van der Waals surface area contributed by atoms with Gasteiger partial charge in [-0.05, 0) is 83.3 Å². The Balaban J connectivity index is 1.53. The second-order valence-corrected chi connectivity index (χ2v) is 8.55. The Hall–Kier alpha value is -2.75. The van der Waals surface area contributed by atoms with Gasteiger partial charge in [0, 0.05) is 5.56 Å². The van der Waals surface area contributed by atoms with Crippen molar-refractivity contribution in [3.63, 3.8) is 0 Å². The van der Waals surface area contributed by atoms with Gasteiger partial charge >= 0.3 is 6.61 Å². The van der Waals surface area contributed by atoms with E-state index in [9.17, 15) is 8.78 Å². The van der Waals surface area contributed by atoms with Gasteiger partial charge in [-0.2, -0.15) is 8.78 Å². The van der Waals surface area contributed by atoms with Crippen LogP contribution in [0.3, 0.4) is 0 Å². The second-order valence-electron chi connectivity index (χ2n) is 8.55. The summed E-state index contributed by atoms with van der Waals surface area (Å²) >= 11 is 0. The van der Waals surface area contributed by atoms with Crippen LogP contribution in [0.25, 0.3) is 22.3 Å². The second kappa shape index (κ2) is 10.2. The minimum Gasteiger partial charge on any atom is -0.435 e. The van der Waals surface area contributed by atoms with Gasteiger partial charge in [0.05, 0.1) is 0 Å². The van der Waals surface area contributed by atoms with E-state index in [1.165, 1.54) is 55.4 Å². The molecule has 0 N–H and O–H groups in total. The predicted molar refractivity (Wildman–Crippen MR) is 124 cm³/mol. The Morgan fingerprint density at radius 1 is 0.781 bits per heavy atom. The number of hydrogen-bond acceptors (Lipinski definition) is 1. The lowest BCUT2D eigenvalue weighted by atomic mass is 9.83. The van der Waals surface area contributed by atoms with Crippen LogP contribution in [-0.4, -0.2) is 6.61 Å². The molecule has 1 nitrogen and oxygen atoms in total. The average molecular weight is 439 g/mol. The van der Waals surface area contributed by atoms with E-state index in [-0.39, 0.29) is 11.6 Å². The number of hydrogen-bond donors (Lipinski definition) is 0. The smallest absolute Gasteiger partial charge is 0.387 e. The van der Waals surface area contributed by atoms with E-state index >= 15 is 4.39 Å². The third-order valence-corrected chi connectivity index (χ3v) is 6.28. The third kappa shape index (κ3) is 5.17. The molecule has 0 bridgehead atoms. The average Bonchev–Trinajstić information content (AvgIpc) is 2.78. The highest BCUT2D eigenvalue weighted by molar-refractivity contribution is 5.78. The third-order valence-electron chi connectivity index (χ3n) is 6.28. The van der Waals surface area contributed by atoms with Crippen LogP contribution in [0, 0.1) is 5.82 Å². The van der Waals surface area contributed by atoms with Gasteiger partial charge in [-0.3, -0.25) is 0 Å². The van der Waals surface area contributed by atoms with Crippen LogP contribution in [0.5, 0.6) is 5.75 Å². The maximum absolute atomic E-state index is 15.1. The highest BCUT2D eigenvalue weighted by Crippen LogP contribution is 2.38. The molecule has 0 amide bonds. The summed E-state index contributed by atoms with van der Waals surface area (Å²) in [6.45, 7) is -0.641. The summed E-state index contributed by atoms with van der Waals surface area (Å²) in [6.07, 6.45) is 9.27. The molecular formula is C28H29F3O. The number of fused-ring (bicyclic) bond motifs is 3. The lowest BCUT2D eigenvalue weighted by molar-refractivity contribution is -0.0498. The molecule has 0 atom stereocenters. The molecule has 0 spiro atoms. The highest BCUT2D eigenvalue weighted by Gasteiger charge is 2.20. The van der Waals surface area contributed by atoms with Crippen molar-refractivity contribution < 1.29 is 17.9 Å². The molecule has 0 aliphatic heterocycles. The molecule has 0 unspecified atom stereocenters. The van der Waals surface area contributed by atoms with Crippen LogP contribution in [0.15, 0.2) is 54.6 Å². The first-order valence-corrected chi connectivity index (χ1v) is 11.5. The maximum atomic E-state index is 15.1. The molecule has 0 aromatic heterocycles. The SMILES string of the molecule is CCCCCCCc1ccc2c(c1)CCc1cc(-c3ccc(OC(F)F)cc3)c(F)cc1-2. The molecule has 0 saturated heterocycles. The summed E-state index contributed by atoms with van der Waals surface area (Å²) in [5.41, 5.74) is 6.99. The number of ether oxygens (including phenoxy) is 1. The summed E-state index contributed by atoms with van der Waals surface area (Å²) in [6, 6.07) is 16.3. The summed E-state index contributed by atoms with van der Waals surface area (Å²) < 4.78 is 44.2. The maximum Gasteiger partial charge on any atom is 0.387 e. The largest absolute Gasteiger partial charge is 0.435 e. The van der Waals surface area contributed by atoms with Gasteiger partial charge in [0.25, 0.3) is 0 Å².